The quantitative estimate of drug-likeness (QED) is 0.470. The van der Waals surface area contributed by atoms with Gasteiger partial charge in [-0.1, -0.05) is 41.3 Å². The lowest BCUT2D eigenvalue weighted by Gasteiger charge is -2.38. The molecule has 2 aliphatic rings. The molecule has 2 N–H and O–H groups in total. The van der Waals surface area contributed by atoms with Crippen molar-refractivity contribution >= 4 is 34.0 Å². The van der Waals surface area contributed by atoms with Gasteiger partial charge in [-0.25, -0.2) is 0 Å². The Kier molecular flexibility index (Phi) is 6.63. The number of aromatic nitrogens is 2. The lowest BCUT2D eigenvalue weighted by molar-refractivity contribution is -0.116. The van der Waals surface area contributed by atoms with Crippen molar-refractivity contribution in [1.29, 1.82) is 5.26 Å². The molecule has 0 saturated carbocycles. The van der Waals surface area contributed by atoms with Crippen LogP contribution in [0.5, 0.6) is 5.75 Å². The Morgan fingerprint density at radius 2 is 2.16 bits per heavy atom. The number of nitriles is 1. The Hall–Kier alpha value is -3.09. The van der Waals surface area contributed by atoms with Crippen molar-refractivity contribution in [2.75, 3.05) is 17.3 Å². The zero-order valence-electron chi connectivity index (χ0n) is 17.7. The van der Waals surface area contributed by atoms with Crippen molar-refractivity contribution in [3.63, 3.8) is 0 Å². The van der Waals surface area contributed by atoms with Gasteiger partial charge >= 0.3 is 0 Å². The number of hydrogen-bond acceptors (Lipinski definition) is 9. The normalized spacial score (nSPS) is 18.4. The van der Waals surface area contributed by atoms with Gasteiger partial charge in [-0.15, -0.1) is 16.8 Å². The van der Waals surface area contributed by atoms with Gasteiger partial charge in [-0.05, 0) is 37.5 Å². The van der Waals surface area contributed by atoms with Crippen LogP contribution < -0.4 is 15.4 Å². The maximum Gasteiger partial charge on any atom is 0.219 e. The highest BCUT2D eigenvalue weighted by atomic mass is 32.2. The maximum absolute atomic E-state index is 13.1. The van der Waals surface area contributed by atoms with Crippen LogP contribution in [0.4, 0.5) is 5.13 Å². The van der Waals surface area contributed by atoms with Crippen LogP contribution in [0.2, 0.25) is 0 Å². The number of thioether (sulfide) groups is 1. The summed E-state index contributed by atoms with van der Waals surface area (Å²) in [7, 11) is 0. The summed E-state index contributed by atoms with van der Waals surface area (Å²) in [5.41, 5.74) is 9.19. The molecular formula is C23H23N5O2S2. The summed E-state index contributed by atoms with van der Waals surface area (Å²) >= 11 is 2.92. The Balaban J connectivity index is 1.82. The van der Waals surface area contributed by atoms with Gasteiger partial charge in [0.15, 0.2) is 10.1 Å². The maximum atomic E-state index is 13.1. The Morgan fingerprint density at radius 3 is 2.84 bits per heavy atom. The van der Waals surface area contributed by atoms with Gasteiger partial charge in [0.05, 0.1) is 24.2 Å². The van der Waals surface area contributed by atoms with E-state index in [-0.39, 0.29) is 5.78 Å². The second-order valence-electron chi connectivity index (χ2n) is 7.27. The highest BCUT2D eigenvalue weighted by molar-refractivity contribution is 8.01. The van der Waals surface area contributed by atoms with Gasteiger partial charge < -0.3 is 10.5 Å². The van der Waals surface area contributed by atoms with Crippen LogP contribution in [0, 0.1) is 11.3 Å². The molecule has 0 saturated heterocycles. The lowest BCUT2D eigenvalue weighted by atomic mass is 9.76. The number of nitrogens with two attached hydrogens (primary N) is 1. The first-order valence-corrected chi connectivity index (χ1v) is 12.1. The Labute approximate surface area is 195 Å². The first-order chi connectivity index (χ1) is 15.6. The van der Waals surface area contributed by atoms with Crippen LogP contribution in [-0.4, -0.2) is 28.3 Å². The van der Waals surface area contributed by atoms with Crippen molar-refractivity contribution in [1.82, 2.24) is 10.2 Å². The van der Waals surface area contributed by atoms with Crippen LogP contribution in [0.15, 0.2) is 63.9 Å². The van der Waals surface area contributed by atoms with E-state index >= 15 is 0 Å². The summed E-state index contributed by atoms with van der Waals surface area (Å²) < 4.78 is 6.33. The summed E-state index contributed by atoms with van der Waals surface area (Å²) in [6, 6.07) is 9.79. The van der Waals surface area contributed by atoms with Crippen LogP contribution in [0.3, 0.4) is 0 Å². The fourth-order valence-electron chi connectivity index (χ4n) is 4.04. The summed E-state index contributed by atoms with van der Waals surface area (Å²) in [5, 5.41) is 19.2. The molecule has 0 spiro atoms. The highest BCUT2D eigenvalue weighted by Gasteiger charge is 2.41. The van der Waals surface area contributed by atoms with E-state index < -0.39 is 5.92 Å². The van der Waals surface area contributed by atoms with Gasteiger partial charge in [0.2, 0.25) is 5.13 Å². The Bertz CT molecular complexity index is 1140. The second kappa shape index (κ2) is 9.59. The van der Waals surface area contributed by atoms with Crippen molar-refractivity contribution in [2.24, 2.45) is 5.73 Å². The number of carbonyl (C=O) groups is 1. The smallest absolute Gasteiger partial charge is 0.219 e. The van der Waals surface area contributed by atoms with Crippen LogP contribution in [0.1, 0.15) is 37.7 Å². The van der Waals surface area contributed by atoms with E-state index in [1.807, 2.05) is 31.2 Å². The van der Waals surface area contributed by atoms with E-state index in [2.05, 4.69) is 22.8 Å². The van der Waals surface area contributed by atoms with E-state index in [1.54, 1.807) is 11.0 Å². The molecule has 7 nitrogen and oxygen atoms in total. The molecular weight excluding hydrogens is 442 g/mol. The third-order valence-electron chi connectivity index (χ3n) is 5.35. The van der Waals surface area contributed by atoms with Crippen LogP contribution in [0.25, 0.3) is 0 Å². The third kappa shape index (κ3) is 4.04. The summed E-state index contributed by atoms with van der Waals surface area (Å²) in [5.74, 6) is 1.30. The molecule has 0 amide bonds. The molecule has 1 aliphatic heterocycles. The molecule has 1 atom stereocenters. The van der Waals surface area contributed by atoms with E-state index in [4.69, 9.17) is 10.5 Å². The van der Waals surface area contributed by atoms with E-state index in [0.717, 1.165) is 33.5 Å². The molecule has 1 unspecified atom stereocenters. The SMILES string of the molecule is C=CCSc1nnc(N2C(N)=C(C#N)C(c3ccc(OCC)cc3)C3=C2CCCC3=O)s1. The average molecular weight is 466 g/mol. The van der Waals surface area contributed by atoms with Gasteiger partial charge in [-0.3, -0.25) is 9.69 Å². The molecule has 2 heterocycles. The molecule has 1 aliphatic carbocycles. The first kappa shape index (κ1) is 22.1. The van der Waals surface area contributed by atoms with Crippen LogP contribution in [-0.2, 0) is 4.79 Å². The summed E-state index contributed by atoms with van der Waals surface area (Å²) in [6.45, 7) is 6.22. The minimum Gasteiger partial charge on any atom is -0.494 e. The minimum absolute atomic E-state index is 0.0427. The first-order valence-electron chi connectivity index (χ1n) is 10.3. The summed E-state index contributed by atoms with van der Waals surface area (Å²) in [4.78, 5) is 14.9. The van der Waals surface area contributed by atoms with Gasteiger partial charge in [0, 0.05) is 23.4 Å². The summed E-state index contributed by atoms with van der Waals surface area (Å²) in [6.07, 6.45) is 3.67. The number of benzene rings is 1. The molecule has 0 fully saturated rings. The number of carbonyl (C=O) groups excluding carboxylic acids is 1. The number of nitrogens with zero attached hydrogens (tertiary/aromatic N) is 4. The predicted molar refractivity (Wildman–Crippen MR) is 126 cm³/mol. The second-order valence-corrected chi connectivity index (χ2v) is 9.49. The molecule has 0 bridgehead atoms. The molecule has 0 radical (unpaired) electrons. The molecule has 32 heavy (non-hydrogen) atoms. The predicted octanol–water partition coefficient (Wildman–Crippen LogP) is 4.52. The monoisotopic (exact) mass is 465 g/mol. The number of ether oxygens (including phenoxy) is 1. The van der Waals surface area contributed by atoms with E-state index in [9.17, 15) is 10.1 Å². The third-order valence-corrected chi connectivity index (χ3v) is 7.39. The fraction of sp³-hybridized carbons (Fsp3) is 0.304. The van der Waals surface area contributed by atoms with Crippen molar-refractivity contribution in [3.8, 4) is 11.8 Å². The fourth-order valence-corrected chi connectivity index (χ4v) is 5.68. The standard InChI is InChI=1S/C23H23N5O2S2/c1-3-12-31-23-27-26-22(32-23)28-17-6-5-7-18(29)20(17)19(16(13-24)21(28)25)14-8-10-15(11-9-14)30-4-2/h3,8-11,19H,1,4-7,12,25H2,2H3. The number of Topliss-reactive ketones (excluding diaryl/α,β-unsaturated/α-hetero) is 1. The highest BCUT2D eigenvalue weighted by Crippen LogP contribution is 2.47. The zero-order valence-corrected chi connectivity index (χ0v) is 19.3. The molecule has 2 aromatic rings. The minimum atomic E-state index is -0.503. The number of allylic oxidation sites excluding steroid dienone is 3. The number of anilines is 1. The van der Waals surface area contributed by atoms with E-state index in [0.29, 0.717) is 41.5 Å². The molecule has 9 heteroatoms. The van der Waals surface area contributed by atoms with Crippen molar-refractivity contribution in [3.05, 3.63) is 65.1 Å². The topological polar surface area (TPSA) is 105 Å². The van der Waals surface area contributed by atoms with Crippen molar-refractivity contribution < 1.29 is 9.53 Å². The zero-order chi connectivity index (χ0) is 22.7. The molecule has 1 aromatic carbocycles. The van der Waals surface area contributed by atoms with Crippen molar-refractivity contribution in [2.45, 2.75) is 36.4 Å². The van der Waals surface area contributed by atoms with Gasteiger partial charge in [0.25, 0.3) is 0 Å². The average Bonchev–Trinajstić information content (AvgIpc) is 3.26. The number of hydrogen-bond donors (Lipinski definition) is 1. The lowest BCUT2D eigenvalue weighted by Crippen LogP contribution is -2.38. The number of rotatable bonds is 7. The molecule has 1 aromatic heterocycles. The van der Waals surface area contributed by atoms with E-state index in [1.165, 1.54) is 23.1 Å². The largest absolute Gasteiger partial charge is 0.494 e. The number of ketones is 1. The van der Waals surface area contributed by atoms with Gasteiger partial charge in [-0.2, -0.15) is 5.26 Å². The molecule has 164 valence electrons. The Morgan fingerprint density at radius 1 is 1.38 bits per heavy atom. The van der Waals surface area contributed by atoms with Gasteiger partial charge in [0.1, 0.15) is 11.6 Å². The molecule has 4 rings (SSSR count). The van der Waals surface area contributed by atoms with Crippen LogP contribution >= 0.6 is 23.1 Å².